The molecule has 0 N–H and O–H groups in total. The van der Waals surface area contributed by atoms with Gasteiger partial charge in [0.25, 0.3) is 0 Å². The Balaban J connectivity index is 1.78. The van der Waals surface area contributed by atoms with Gasteiger partial charge in [-0.2, -0.15) is 4.98 Å². The molecule has 0 saturated heterocycles. The quantitative estimate of drug-likeness (QED) is 0.821. The van der Waals surface area contributed by atoms with E-state index in [1.807, 2.05) is 25.1 Å². The number of pyridine rings is 1. The van der Waals surface area contributed by atoms with Crippen LogP contribution >= 0.6 is 0 Å². The number of hydrogen-bond donors (Lipinski definition) is 0. The van der Waals surface area contributed by atoms with E-state index in [0.717, 1.165) is 18.5 Å². The van der Waals surface area contributed by atoms with Crippen LogP contribution in [-0.4, -0.2) is 20.9 Å². The first-order valence-electron chi connectivity index (χ1n) is 6.02. The second-order valence-corrected chi connectivity index (χ2v) is 4.59. The van der Waals surface area contributed by atoms with Crippen LogP contribution in [0, 0.1) is 12.8 Å². The molecule has 2 heterocycles. The minimum absolute atomic E-state index is 0.197. The molecule has 0 amide bonds. The predicted octanol–water partition coefficient (Wildman–Crippen LogP) is 1.96. The molecule has 0 spiro atoms. The third-order valence-electron chi connectivity index (χ3n) is 2.94. The number of nitrogens with zero attached hydrogens (tertiary/aromatic N) is 3. The molecule has 5 nitrogen and oxygen atoms in total. The maximum atomic E-state index is 11.6. The van der Waals surface area contributed by atoms with Gasteiger partial charge in [-0.15, -0.1) is 0 Å². The molecule has 18 heavy (non-hydrogen) atoms. The molecule has 1 fully saturated rings. The van der Waals surface area contributed by atoms with Crippen molar-refractivity contribution < 1.29 is 9.32 Å². The number of carbonyl (C=O) groups excluding carboxylic acids is 1. The molecule has 1 aliphatic carbocycles. The normalized spacial score (nSPS) is 14.7. The second-order valence-electron chi connectivity index (χ2n) is 4.59. The third-order valence-corrected chi connectivity index (χ3v) is 2.94. The van der Waals surface area contributed by atoms with Crippen LogP contribution in [0.25, 0.3) is 11.5 Å². The molecular weight excluding hydrogens is 230 g/mol. The highest BCUT2D eigenvalue weighted by atomic mass is 16.5. The van der Waals surface area contributed by atoms with Gasteiger partial charge in [0.15, 0.2) is 0 Å². The zero-order chi connectivity index (χ0) is 12.5. The Morgan fingerprint density at radius 2 is 2.22 bits per heavy atom. The standard InChI is InChI=1S/C13H13N3O2/c1-8-3-2-4-10(14-8)13-15-12(18-16-13)7-11(17)9-5-6-9/h2-4,9H,5-7H2,1H3. The molecule has 0 aromatic carbocycles. The molecule has 0 atom stereocenters. The minimum Gasteiger partial charge on any atom is -0.338 e. The van der Waals surface area contributed by atoms with Gasteiger partial charge in [0.05, 0.1) is 6.42 Å². The summed E-state index contributed by atoms with van der Waals surface area (Å²) in [5.74, 6) is 1.24. The fourth-order valence-corrected chi connectivity index (χ4v) is 1.80. The zero-order valence-corrected chi connectivity index (χ0v) is 10.1. The molecule has 2 aromatic rings. The molecule has 2 aromatic heterocycles. The summed E-state index contributed by atoms with van der Waals surface area (Å²) >= 11 is 0. The molecule has 92 valence electrons. The highest BCUT2D eigenvalue weighted by Crippen LogP contribution is 2.30. The molecule has 1 saturated carbocycles. The van der Waals surface area contributed by atoms with Gasteiger partial charge in [-0.25, -0.2) is 4.98 Å². The van der Waals surface area contributed by atoms with Gasteiger partial charge in [0, 0.05) is 11.6 Å². The fourth-order valence-electron chi connectivity index (χ4n) is 1.80. The van der Waals surface area contributed by atoms with Gasteiger partial charge in [0.1, 0.15) is 11.5 Å². The van der Waals surface area contributed by atoms with Crippen molar-refractivity contribution in [3.8, 4) is 11.5 Å². The van der Waals surface area contributed by atoms with Gasteiger partial charge in [-0.3, -0.25) is 4.79 Å². The van der Waals surface area contributed by atoms with Gasteiger partial charge in [0.2, 0.25) is 11.7 Å². The number of Topliss-reactive ketones (excluding diaryl/α,β-unsaturated/α-hetero) is 1. The summed E-state index contributed by atoms with van der Waals surface area (Å²) in [4.78, 5) is 20.2. The van der Waals surface area contributed by atoms with Crippen LogP contribution in [0.2, 0.25) is 0 Å². The monoisotopic (exact) mass is 243 g/mol. The van der Waals surface area contributed by atoms with Crippen molar-refractivity contribution >= 4 is 5.78 Å². The first kappa shape index (κ1) is 11.1. The van der Waals surface area contributed by atoms with E-state index < -0.39 is 0 Å². The minimum atomic E-state index is 0.197. The topological polar surface area (TPSA) is 68.9 Å². The van der Waals surface area contributed by atoms with Gasteiger partial charge in [-0.1, -0.05) is 11.2 Å². The molecule has 0 radical (unpaired) electrons. The van der Waals surface area contributed by atoms with E-state index in [0.29, 0.717) is 17.4 Å². The van der Waals surface area contributed by atoms with Crippen molar-refractivity contribution in [2.24, 2.45) is 5.92 Å². The number of hydrogen-bond acceptors (Lipinski definition) is 5. The first-order valence-corrected chi connectivity index (χ1v) is 6.02. The highest BCUT2D eigenvalue weighted by molar-refractivity contribution is 5.84. The van der Waals surface area contributed by atoms with Crippen LogP contribution in [0.3, 0.4) is 0 Å². The molecule has 3 rings (SSSR count). The van der Waals surface area contributed by atoms with Crippen LogP contribution in [0.4, 0.5) is 0 Å². The maximum Gasteiger partial charge on any atom is 0.234 e. The summed E-state index contributed by atoms with van der Waals surface area (Å²) in [5, 5.41) is 3.86. The van der Waals surface area contributed by atoms with Crippen LogP contribution < -0.4 is 0 Å². The van der Waals surface area contributed by atoms with Crippen molar-refractivity contribution in [1.29, 1.82) is 0 Å². The lowest BCUT2D eigenvalue weighted by Crippen LogP contribution is -2.04. The van der Waals surface area contributed by atoms with E-state index in [-0.39, 0.29) is 18.1 Å². The Hall–Kier alpha value is -2.04. The van der Waals surface area contributed by atoms with E-state index in [9.17, 15) is 4.79 Å². The van der Waals surface area contributed by atoms with E-state index in [4.69, 9.17) is 4.52 Å². The summed E-state index contributed by atoms with van der Waals surface area (Å²) in [5.41, 5.74) is 1.57. The Bertz CT molecular complexity index is 587. The predicted molar refractivity (Wildman–Crippen MR) is 63.7 cm³/mol. The lowest BCUT2D eigenvalue weighted by molar-refractivity contribution is -0.119. The highest BCUT2D eigenvalue weighted by Gasteiger charge is 2.30. The Morgan fingerprint density at radius 3 is 2.94 bits per heavy atom. The molecule has 0 aliphatic heterocycles. The van der Waals surface area contributed by atoms with Gasteiger partial charge < -0.3 is 4.52 Å². The van der Waals surface area contributed by atoms with Crippen molar-refractivity contribution in [2.45, 2.75) is 26.2 Å². The first-order chi connectivity index (χ1) is 8.72. The largest absolute Gasteiger partial charge is 0.338 e. The summed E-state index contributed by atoms with van der Waals surface area (Å²) in [7, 11) is 0. The summed E-state index contributed by atoms with van der Waals surface area (Å²) < 4.78 is 5.09. The SMILES string of the molecule is Cc1cccc(-c2noc(CC(=O)C3CC3)n2)n1. The maximum absolute atomic E-state index is 11.6. The smallest absolute Gasteiger partial charge is 0.234 e. The van der Waals surface area contributed by atoms with Crippen LogP contribution in [0.5, 0.6) is 0 Å². The number of aryl methyl sites for hydroxylation is 1. The Kier molecular flexibility index (Phi) is 2.66. The van der Waals surface area contributed by atoms with E-state index in [2.05, 4.69) is 15.1 Å². The lowest BCUT2D eigenvalue weighted by Gasteiger charge is -1.94. The summed E-state index contributed by atoms with van der Waals surface area (Å²) in [6, 6.07) is 5.62. The van der Waals surface area contributed by atoms with Crippen molar-refractivity contribution in [2.75, 3.05) is 0 Å². The number of ketones is 1. The molecule has 0 unspecified atom stereocenters. The van der Waals surface area contributed by atoms with E-state index in [1.165, 1.54) is 0 Å². The Morgan fingerprint density at radius 1 is 1.39 bits per heavy atom. The fraction of sp³-hybridized carbons (Fsp3) is 0.385. The average molecular weight is 243 g/mol. The van der Waals surface area contributed by atoms with Gasteiger partial charge in [-0.05, 0) is 31.9 Å². The van der Waals surface area contributed by atoms with E-state index >= 15 is 0 Å². The van der Waals surface area contributed by atoms with Crippen molar-refractivity contribution in [3.63, 3.8) is 0 Å². The number of aromatic nitrogens is 3. The summed E-state index contributed by atoms with van der Waals surface area (Å²) in [6.07, 6.45) is 2.24. The average Bonchev–Trinajstić information content (AvgIpc) is 3.10. The lowest BCUT2D eigenvalue weighted by atomic mass is 10.2. The summed E-state index contributed by atoms with van der Waals surface area (Å²) in [6.45, 7) is 1.90. The van der Waals surface area contributed by atoms with Gasteiger partial charge >= 0.3 is 0 Å². The molecular formula is C13H13N3O2. The van der Waals surface area contributed by atoms with Crippen LogP contribution in [0.1, 0.15) is 24.4 Å². The molecule has 0 bridgehead atoms. The van der Waals surface area contributed by atoms with Crippen LogP contribution in [0.15, 0.2) is 22.7 Å². The third kappa shape index (κ3) is 2.30. The van der Waals surface area contributed by atoms with Crippen molar-refractivity contribution in [1.82, 2.24) is 15.1 Å². The van der Waals surface area contributed by atoms with Crippen LogP contribution in [-0.2, 0) is 11.2 Å². The zero-order valence-electron chi connectivity index (χ0n) is 10.1. The number of carbonyl (C=O) groups is 1. The van der Waals surface area contributed by atoms with Crippen molar-refractivity contribution in [3.05, 3.63) is 29.8 Å². The Labute approximate surface area is 104 Å². The molecule has 5 heteroatoms. The number of rotatable bonds is 4. The molecule has 1 aliphatic rings. The van der Waals surface area contributed by atoms with E-state index in [1.54, 1.807) is 0 Å². The second kappa shape index (κ2) is 4.33.